The maximum atomic E-state index is 12.7. The van der Waals surface area contributed by atoms with Gasteiger partial charge in [0.2, 0.25) is 5.95 Å². The number of aromatic nitrogens is 4. The Morgan fingerprint density at radius 1 is 1.39 bits per heavy atom. The topological polar surface area (TPSA) is 87.6 Å². The summed E-state index contributed by atoms with van der Waals surface area (Å²) in [6.07, 6.45) is 3.43. The Hall–Kier alpha value is -2.09. The van der Waals surface area contributed by atoms with Crippen LogP contribution in [0.2, 0.25) is 10.0 Å². The monoisotopic (exact) mass is 420 g/mol. The Morgan fingerprint density at radius 3 is 3.00 bits per heavy atom. The fourth-order valence-electron chi connectivity index (χ4n) is 3.73. The lowest BCUT2D eigenvalue weighted by Crippen LogP contribution is -2.23. The van der Waals surface area contributed by atoms with Gasteiger partial charge >= 0.3 is 5.69 Å². The van der Waals surface area contributed by atoms with Gasteiger partial charge in [0, 0.05) is 16.6 Å². The van der Waals surface area contributed by atoms with Crippen LogP contribution in [0.25, 0.3) is 11.2 Å². The Balaban J connectivity index is 1.72. The normalized spacial score (nSPS) is 17.9. The molecule has 0 saturated carbocycles. The van der Waals surface area contributed by atoms with Crippen LogP contribution in [-0.4, -0.2) is 39.2 Å². The second-order valence-corrected chi connectivity index (χ2v) is 7.90. The molecule has 148 valence electrons. The number of nitrogens with one attached hydrogen (secondary N) is 3. The second-order valence-electron chi connectivity index (χ2n) is 7.06. The molecule has 0 unspecified atom stereocenters. The van der Waals surface area contributed by atoms with Crippen molar-refractivity contribution in [3.05, 3.63) is 50.5 Å². The van der Waals surface area contributed by atoms with Crippen molar-refractivity contribution in [3.63, 3.8) is 0 Å². The number of hydrogen-bond donors (Lipinski definition) is 3. The summed E-state index contributed by atoms with van der Waals surface area (Å²) in [5.41, 5.74) is 1.69. The summed E-state index contributed by atoms with van der Waals surface area (Å²) in [5, 5.41) is 7.79. The third kappa shape index (κ3) is 3.74. The van der Waals surface area contributed by atoms with E-state index in [1.54, 1.807) is 29.0 Å². The molecule has 1 aromatic carbocycles. The molecule has 2 aromatic heterocycles. The van der Waals surface area contributed by atoms with Gasteiger partial charge in [-0.15, -0.1) is 0 Å². The molecule has 9 heteroatoms. The zero-order valence-corrected chi connectivity index (χ0v) is 17.0. The van der Waals surface area contributed by atoms with Gasteiger partial charge in [0.05, 0.1) is 12.2 Å². The molecule has 3 heterocycles. The van der Waals surface area contributed by atoms with E-state index in [-0.39, 0.29) is 11.7 Å². The number of H-pyrrole nitrogens is 1. The predicted octanol–water partition coefficient (Wildman–Crippen LogP) is 3.45. The third-order valence-electron chi connectivity index (χ3n) is 5.18. The van der Waals surface area contributed by atoms with Crippen LogP contribution in [0.4, 0.5) is 5.95 Å². The highest BCUT2D eigenvalue weighted by molar-refractivity contribution is 6.33. The van der Waals surface area contributed by atoms with E-state index in [2.05, 4.69) is 25.6 Å². The molecule has 7 nitrogen and oxygen atoms in total. The van der Waals surface area contributed by atoms with Crippen LogP contribution in [-0.2, 0) is 0 Å². The van der Waals surface area contributed by atoms with Crippen LogP contribution in [0.15, 0.2) is 29.2 Å². The lowest BCUT2D eigenvalue weighted by atomic mass is 10.0. The number of imidazole rings is 1. The summed E-state index contributed by atoms with van der Waals surface area (Å²) in [6.45, 7) is 4.84. The van der Waals surface area contributed by atoms with Crippen LogP contribution in [0.5, 0.6) is 0 Å². The molecule has 0 radical (unpaired) electrons. The van der Waals surface area contributed by atoms with Crippen molar-refractivity contribution >= 4 is 40.3 Å². The van der Waals surface area contributed by atoms with E-state index < -0.39 is 0 Å². The summed E-state index contributed by atoms with van der Waals surface area (Å²) < 4.78 is 1.64. The van der Waals surface area contributed by atoms with Crippen LogP contribution in [0.3, 0.4) is 0 Å². The quantitative estimate of drug-likeness (QED) is 0.568. The summed E-state index contributed by atoms with van der Waals surface area (Å²) in [7, 11) is 0. The lowest BCUT2D eigenvalue weighted by molar-refractivity contribution is 0.561. The average molecular weight is 421 g/mol. The van der Waals surface area contributed by atoms with Crippen LogP contribution in [0.1, 0.15) is 31.4 Å². The van der Waals surface area contributed by atoms with Gasteiger partial charge in [0.1, 0.15) is 5.52 Å². The number of hydrogen-bond acceptors (Lipinski definition) is 5. The molecule has 1 saturated heterocycles. The summed E-state index contributed by atoms with van der Waals surface area (Å²) >= 11 is 12.6. The fourth-order valence-corrected chi connectivity index (χ4v) is 4.15. The molecular formula is C19H22Cl2N6O. The highest BCUT2D eigenvalue weighted by Gasteiger charge is 2.22. The first kappa shape index (κ1) is 19.2. The van der Waals surface area contributed by atoms with E-state index >= 15 is 0 Å². The van der Waals surface area contributed by atoms with E-state index in [0.717, 1.165) is 31.6 Å². The van der Waals surface area contributed by atoms with E-state index in [1.807, 2.05) is 6.92 Å². The molecule has 4 rings (SSSR count). The SMILES string of the molecule is CC[C@H](c1cc(Cl)ccc1Cl)n1c(=O)[nH]c2cnc(NC[C@@H]3CCNC3)nc21. The predicted molar refractivity (Wildman–Crippen MR) is 113 cm³/mol. The Labute approximate surface area is 172 Å². The summed E-state index contributed by atoms with van der Waals surface area (Å²) in [4.78, 5) is 24.5. The summed E-state index contributed by atoms with van der Waals surface area (Å²) in [5.74, 6) is 1.07. The number of benzene rings is 1. The standard InChI is InChI=1S/C19H22Cl2N6O/c1-2-16(13-7-12(20)3-4-14(13)21)27-17-15(25-19(27)28)10-24-18(26-17)23-9-11-5-6-22-8-11/h3-4,7,10-11,16,22H,2,5-6,8-9H2,1H3,(H,25,28)(H,23,24,26)/t11-,16-/m1/s1. The van der Waals surface area contributed by atoms with Crippen LogP contribution < -0.4 is 16.3 Å². The molecule has 1 aliphatic rings. The number of fused-ring (bicyclic) bond motifs is 1. The van der Waals surface area contributed by atoms with E-state index in [4.69, 9.17) is 23.2 Å². The second kappa shape index (κ2) is 8.11. The lowest BCUT2D eigenvalue weighted by Gasteiger charge is -2.19. The number of halogens is 2. The number of nitrogens with zero attached hydrogens (tertiary/aromatic N) is 3. The zero-order valence-electron chi connectivity index (χ0n) is 15.5. The van der Waals surface area contributed by atoms with E-state index in [0.29, 0.717) is 39.5 Å². The molecule has 0 bridgehead atoms. The number of rotatable bonds is 6. The van der Waals surface area contributed by atoms with Gasteiger partial charge in [0.25, 0.3) is 0 Å². The van der Waals surface area contributed by atoms with Crippen LogP contribution in [0, 0.1) is 5.92 Å². The molecule has 0 aliphatic carbocycles. The Morgan fingerprint density at radius 2 is 2.25 bits per heavy atom. The molecular weight excluding hydrogens is 399 g/mol. The minimum atomic E-state index is -0.283. The highest BCUT2D eigenvalue weighted by Crippen LogP contribution is 2.31. The molecule has 28 heavy (non-hydrogen) atoms. The molecule has 1 aliphatic heterocycles. The van der Waals surface area contributed by atoms with Gasteiger partial charge < -0.3 is 15.6 Å². The first-order chi connectivity index (χ1) is 13.6. The van der Waals surface area contributed by atoms with Crippen molar-refractivity contribution in [1.29, 1.82) is 0 Å². The largest absolute Gasteiger partial charge is 0.354 e. The molecule has 3 aromatic rings. The molecule has 0 amide bonds. The van der Waals surface area contributed by atoms with Gasteiger partial charge in [0.15, 0.2) is 5.65 Å². The van der Waals surface area contributed by atoms with Crippen molar-refractivity contribution in [2.24, 2.45) is 5.92 Å². The van der Waals surface area contributed by atoms with Gasteiger partial charge in [-0.3, -0.25) is 4.57 Å². The van der Waals surface area contributed by atoms with Gasteiger partial charge in [-0.25, -0.2) is 9.78 Å². The smallest absolute Gasteiger partial charge is 0.328 e. The fraction of sp³-hybridized carbons (Fsp3) is 0.421. The van der Waals surface area contributed by atoms with Gasteiger partial charge in [-0.1, -0.05) is 30.1 Å². The molecule has 0 spiro atoms. The first-order valence-electron chi connectivity index (χ1n) is 9.43. The molecule has 2 atom stereocenters. The third-order valence-corrected chi connectivity index (χ3v) is 5.76. The number of anilines is 1. The molecule has 3 N–H and O–H groups in total. The molecule has 1 fully saturated rings. The van der Waals surface area contributed by atoms with Crippen molar-refractivity contribution in [2.75, 3.05) is 25.0 Å². The first-order valence-corrected chi connectivity index (χ1v) is 10.2. The van der Waals surface area contributed by atoms with Crippen molar-refractivity contribution in [1.82, 2.24) is 24.8 Å². The Kier molecular flexibility index (Phi) is 5.57. The average Bonchev–Trinajstić information content (AvgIpc) is 3.31. The van der Waals surface area contributed by atoms with Gasteiger partial charge in [-0.2, -0.15) is 4.98 Å². The van der Waals surface area contributed by atoms with E-state index in [9.17, 15) is 4.79 Å². The van der Waals surface area contributed by atoms with Crippen molar-refractivity contribution in [2.45, 2.75) is 25.8 Å². The summed E-state index contributed by atoms with van der Waals surface area (Å²) in [6, 6.07) is 5.00. The Bertz CT molecular complexity index is 1040. The number of aromatic amines is 1. The highest BCUT2D eigenvalue weighted by atomic mass is 35.5. The van der Waals surface area contributed by atoms with E-state index in [1.165, 1.54) is 0 Å². The minimum absolute atomic E-state index is 0.246. The van der Waals surface area contributed by atoms with Crippen molar-refractivity contribution < 1.29 is 0 Å². The van der Waals surface area contributed by atoms with Crippen molar-refractivity contribution in [3.8, 4) is 0 Å². The van der Waals surface area contributed by atoms with Gasteiger partial charge in [-0.05, 0) is 55.6 Å². The maximum absolute atomic E-state index is 12.7. The maximum Gasteiger partial charge on any atom is 0.328 e. The minimum Gasteiger partial charge on any atom is -0.354 e. The zero-order chi connectivity index (χ0) is 19.7. The van der Waals surface area contributed by atoms with Crippen LogP contribution >= 0.6 is 23.2 Å².